The second kappa shape index (κ2) is 8.03. The van der Waals surface area contributed by atoms with Crippen molar-refractivity contribution in [2.75, 3.05) is 25.2 Å². The van der Waals surface area contributed by atoms with Crippen LogP contribution in [0.2, 0.25) is 0 Å². The number of hydrogen-bond acceptors (Lipinski definition) is 4. The molecule has 0 radical (unpaired) electrons. The molecule has 6 heteroatoms. The molecule has 0 aliphatic carbocycles. The molecule has 1 rings (SSSR count). The number of aliphatic hydroxyl groups is 1. The smallest absolute Gasteiger partial charge is 0.261 e. The molecule has 0 saturated carbocycles. The number of hydrogen-bond donors (Lipinski definition) is 2. The van der Waals surface area contributed by atoms with E-state index >= 15 is 0 Å². The Morgan fingerprint density at radius 2 is 2.33 bits per heavy atom. The van der Waals surface area contributed by atoms with Crippen molar-refractivity contribution in [3.63, 3.8) is 0 Å². The molecule has 2 N–H and O–H groups in total. The van der Waals surface area contributed by atoms with Crippen LogP contribution in [-0.4, -0.2) is 40.4 Å². The summed E-state index contributed by atoms with van der Waals surface area (Å²) in [6.07, 6.45) is 2.35. The number of thiophene rings is 1. The predicted octanol–water partition coefficient (Wildman–Crippen LogP) is 0.590. The van der Waals surface area contributed by atoms with Crippen LogP contribution in [0.5, 0.6) is 0 Å². The molecule has 0 aliphatic heterocycles. The number of carbonyl (C=O) groups excluding carboxylic acids is 1. The molecule has 1 aromatic heterocycles. The molecule has 1 atom stereocenters. The maximum Gasteiger partial charge on any atom is 0.261 e. The van der Waals surface area contributed by atoms with Gasteiger partial charge in [-0.2, -0.15) is 0 Å². The van der Waals surface area contributed by atoms with Crippen molar-refractivity contribution >= 4 is 28.0 Å². The van der Waals surface area contributed by atoms with Gasteiger partial charge in [0.1, 0.15) is 6.61 Å². The molecule has 0 bridgehead atoms. The summed E-state index contributed by atoms with van der Waals surface area (Å²) in [7, 11) is -0.815. The Hall–Kier alpha value is -1.16. The van der Waals surface area contributed by atoms with E-state index in [2.05, 4.69) is 17.2 Å². The van der Waals surface area contributed by atoms with Gasteiger partial charge in [0.2, 0.25) is 0 Å². The molecule has 4 nitrogen and oxygen atoms in total. The number of aliphatic hydroxyl groups excluding tert-OH is 1. The van der Waals surface area contributed by atoms with Gasteiger partial charge in [-0.05, 0) is 18.6 Å². The van der Waals surface area contributed by atoms with Gasteiger partial charge in [0.05, 0.1) is 9.75 Å². The summed E-state index contributed by atoms with van der Waals surface area (Å²) in [6, 6.07) is 3.46. The lowest BCUT2D eigenvalue weighted by Crippen LogP contribution is -2.24. The van der Waals surface area contributed by atoms with Crippen LogP contribution in [0.4, 0.5) is 0 Å². The van der Waals surface area contributed by atoms with Crippen molar-refractivity contribution in [1.29, 1.82) is 0 Å². The monoisotopic (exact) mass is 285 g/mol. The van der Waals surface area contributed by atoms with Gasteiger partial charge >= 0.3 is 0 Å². The van der Waals surface area contributed by atoms with Gasteiger partial charge in [0.15, 0.2) is 0 Å². The largest absolute Gasteiger partial charge is 0.384 e. The molecule has 0 saturated heterocycles. The minimum absolute atomic E-state index is 0.140. The first kappa shape index (κ1) is 14.9. The first-order valence-corrected chi connectivity index (χ1v) is 7.95. The highest BCUT2D eigenvalue weighted by Gasteiger charge is 2.07. The summed E-state index contributed by atoms with van der Waals surface area (Å²) in [5.41, 5.74) is 0. The molecule has 1 amide bonds. The molecule has 18 heavy (non-hydrogen) atoms. The van der Waals surface area contributed by atoms with Crippen LogP contribution in [-0.2, 0) is 10.8 Å². The summed E-state index contributed by atoms with van der Waals surface area (Å²) < 4.78 is 10.8. The van der Waals surface area contributed by atoms with Crippen LogP contribution >= 0.6 is 11.3 Å². The Balaban J connectivity index is 2.42. The zero-order valence-electron chi connectivity index (χ0n) is 10.1. The highest BCUT2D eigenvalue weighted by atomic mass is 32.2. The van der Waals surface area contributed by atoms with Crippen LogP contribution < -0.4 is 5.32 Å². The minimum Gasteiger partial charge on any atom is -0.384 e. The van der Waals surface area contributed by atoms with Gasteiger partial charge in [0, 0.05) is 29.4 Å². The average molecular weight is 285 g/mol. The van der Waals surface area contributed by atoms with Crippen LogP contribution in [0.25, 0.3) is 0 Å². The van der Waals surface area contributed by atoms with Gasteiger partial charge in [-0.3, -0.25) is 9.00 Å². The van der Waals surface area contributed by atoms with E-state index in [1.807, 2.05) is 0 Å². The van der Waals surface area contributed by atoms with E-state index in [0.29, 0.717) is 23.6 Å². The number of rotatable bonds is 5. The number of nitrogens with one attached hydrogen (secondary N) is 1. The lowest BCUT2D eigenvalue weighted by atomic mass is 10.4. The van der Waals surface area contributed by atoms with Gasteiger partial charge < -0.3 is 10.4 Å². The van der Waals surface area contributed by atoms with Crippen LogP contribution in [0.15, 0.2) is 12.1 Å². The van der Waals surface area contributed by atoms with Crippen molar-refractivity contribution in [3.05, 3.63) is 21.9 Å². The Morgan fingerprint density at radius 1 is 1.56 bits per heavy atom. The molecule has 1 heterocycles. The third kappa shape index (κ3) is 5.45. The van der Waals surface area contributed by atoms with Crippen molar-refractivity contribution in [1.82, 2.24) is 5.32 Å². The van der Waals surface area contributed by atoms with E-state index < -0.39 is 10.8 Å². The molecular weight excluding hydrogens is 270 g/mol. The third-order valence-electron chi connectivity index (χ3n) is 2.01. The first-order chi connectivity index (χ1) is 8.63. The van der Waals surface area contributed by atoms with Crippen molar-refractivity contribution < 1.29 is 14.1 Å². The Bertz CT molecular complexity index is 485. The van der Waals surface area contributed by atoms with Crippen LogP contribution in [0.1, 0.15) is 21.0 Å². The summed E-state index contributed by atoms with van der Waals surface area (Å²) in [6.45, 7) is 0.335. The van der Waals surface area contributed by atoms with E-state index in [1.54, 1.807) is 18.4 Å². The fraction of sp³-hybridized carbons (Fsp3) is 0.417. The van der Waals surface area contributed by atoms with Crippen molar-refractivity contribution in [3.8, 4) is 11.8 Å². The lowest BCUT2D eigenvalue weighted by molar-refractivity contribution is 0.0958. The SMILES string of the molecule is CS(=O)CCCNC(=O)c1ccc(C#CCO)s1. The van der Waals surface area contributed by atoms with Gasteiger partial charge in [-0.15, -0.1) is 11.3 Å². The van der Waals surface area contributed by atoms with Crippen LogP contribution in [0.3, 0.4) is 0 Å². The Morgan fingerprint density at radius 3 is 3.00 bits per heavy atom. The second-order valence-corrected chi connectivity index (χ2v) is 6.15. The second-order valence-electron chi connectivity index (χ2n) is 3.51. The zero-order chi connectivity index (χ0) is 13.4. The fourth-order valence-corrected chi connectivity index (χ4v) is 2.57. The molecule has 0 aliphatic rings. The molecule has 0 spiro atoms. The van der Waals surface area contributed by atoms with E-state index in [1.165, 1.54) is 11.3 Å². The van der Waals surface area contributed by atoms with Gasteiger partial charge in [-0.1, -0.05) is 11.8 Å². The zero-order valence-corrected chi connectivity index (χ0v) is 11.7. The summed E-state index contributed by atoms with van der Waals surface area (Å²) in [5, 5.41) is 11.3. The van der Waals surface area contributed by atoms with Gasteiger partial charge in [-0.25, -0.2) is 0 Å². The van der Waals surface area contributed by atoms with Gasteiger partial charge in [0.25, 0.3) is 5.91 Å². The Kier molecular flexibility index (Phi) is 6.65. The summed E-state index contributed by atoms with van der Waals surface area (Å²) in [5.74, 6) is 5.74. The van der Waals surface area contributed by atoms with E-state index in [9.17, 15) is 9.00 Å². The molecule has 98 valence electrons. The van der Waals surface area contributed by atoms with E-state index in [0.717, 1.165) is 4.88 Å². The molecule has 1 aromatic rings. The maximum atomic E-state index is 11.7. The molecule has 0 fully saturated rings. The number of carbonyl (C=O) groups is 1. The summed E-state index contributed by atoms with van der Waals surface area (Å²) >= 11 is 1.29. The van der Waals surface area contributed by atoms with E-state index in [-0.39, 0.29) is 12.5 Å². The molecular formula is C12H15NO3S2. The van der Waals surface area contributed by atoms with Crippen molar-refractivity contribution in [2.45, 2.75) is 6.42 Å². The lowest BCUT2D eigenvalue weighted by Gasteiger charge is -2.01. The predicted molar refractivity (Wildman–Crippen MR) is 74.2 cm³/mol. The fourth-order valence-electron chi connectivity index (χ4n) is 1.22. The highest BCUT2D eigenvalue weighted by molar-refractivity contribution is 7.84. The summed E-state index contributed by atoms with van der Waals surface area (Å²) in [4.78, 5) is 13.0. The standard InChI is InChI=1S/C12H15NO3S2/c1-18(16)9-3-7-13-12(15)11-6-5-10(17-11)4-2-8-14/h5-6,14H,3,7-9H2,1H3,(H,13,15). The van der Waals surface area contributed by atoms with Crippen molar-refractivity contribution in [2.24, 2.45) is 0 Å². The minimum atomic E-state index is -0.815. The Labute approximate surface area is 113 Å². The maximum absolute atomic E-state index is 11.7. The molecule has 0 aromatic carbocycles. The molecule has 1 unspecified atom stereocenters. The topological polar surface area (TPSA) is 66.4 Å². The normalized spacial score (nSPS) is 11.4. The number of amides is 1. The first-order valence-electron chi connectivity index (χ1n) is 5.41. The average Bonchev–Trinajstić information content (AvgIpc) is 2.80. The quantitative estimate of drug-likeness (QED) is 0.615. The third-order valence-corrected chi connectivity index (χ3v) is 3.88. The van der Waals surface area contributed by atoms with Crippen LogP contribution in [0, 0.1) is 11.8 Å². The van der Waals surface area contributed by atoms with E-state index in [4.69, 9.17) is 5.11 Å². The highest BCUT2D eigenvalue weighted by Crippen LogP contribution is 2.14.